The predicted molar refractivity (Wildman–Crippen MR) is 171 cm³/mol. The van der Waals surface area contributed by atoms with Gasteiger partial charge < -0.3 is 24.8 Å². The van der Waals surface area contributed by atoms with Gasteiger partial charge in [0.05, 0.1) is 12.8 Å². The second-order valence-corrected chi connectivity index (χ2v) is 11.5. The number of nitrogens with one attached hydrogen (secondary N) is 1. The molecule has 1 atom stereocenters. The van der Waals surface area contributed by atoms with Crippen molar-refractivity contribution < 1.29 is 27.8 Å². The molecule has 13 heteroatoms. The number of ether oxygens (including phenoxy) is 2. The van der Waals surface area contributed by atoms with Crippen molar-refractivity contribution in [1.29, 1.82) is 0 Å². The number of halogens is 3. The molecule has 0 spiro atoms. The van der Waals surface area contributed by atoms with Gasteiger partial charge in [-0.2, -0.15) is 0 Å². The summed E-state index contributed by atoms with van der Waals surface area (Å²) in [5.41, 5.74) is 4.39. The summed E-state index contributed by atoms with van der Waals surface area (Å²) in [7, 11) is 1.66. The number of anilines is 1. The average molecular weight is 639 g/mol. The maximum Gasteiger partial charge on any atom is 0.573 e. The molecular weight excluding hydrogens is 605 g/mol. The molecule has 0 aliphatic carbocycles. The van der Waals surface area contributed by atoms with Crippen LogP contribution in [0.4, 0.5) is 18.9 Å². The second-order valence-electron chi connectivity index (χ2n) is 10.4. The van der Waals surface area contributed by atoms with Gasteiger partial charge in [0.25, 0.3) is 0 Å². The number of thioether (sulfide) groups is 1. The van der Waals surface area contributed by atoms with Gasteiger partial charge in [0.1, 0.15) is 17.8 Å². The van der Waals surface area contributed by atoms with E-state index in [2.05, 4.69) is 49.9 Å². The van der Waals surface area contributed by atoms with Crippen molar-refractivity contribution in [2.45, 2.75) is 38.9 Å². The SMILES string of the molecule is COc1ccc(N2CCCS/C2=N\C(O)N/C=C/c2ccc(-c3ncn(-c4ccc(OC(F)(F)F)cc4)n3)cc2)c(C(C)C)c1. The molecule has 4 aromatic rings. The highest BCUT2D eigenvalue weighted by Crippen LogP contribution is 2.35. The lowest BCUT2D eigenvalue weighted by Crippen LogP contribution is -2.37. The number of nitrogens with zero attached hydrogens (tertiary/aromatic N) is 5. The first-order chi connectivity index (χ1) is 21.6. The van der Waals surface area contributed by atoms with Gasteiger partial charge in [0.15, 0.2) is 11.0 Å². The summed E-state index contributed by atoms with van der Waals surface area (Å²) in [6.45, 7) is 5.10. The molecule has 1 aliphatic rings. The summed E-state index contributed by atoms with van der Waals surface area (Å²) in [6, 6.07) is 18.9. The quantitative estimate of drug-likeness (QED) is 0.183. The molecule has 1 saturated heterocycles. The van der Waals surface area contributed by atoms with Crippen molar-refractivity contribution in [3.8, 4) is 28.6 Å². The number of methoxy groups -OCH3 is 1. The van der Waals surface area contributed by atoms with Gasteiger partial charge in [0.2, 0.25) is 6.35 Å². The van der Waals surface area contributed by atoms with Crippen LogP contribution in [-0.4, -0.2) is 57.2 Å². The lowest BCUT2D eigenvalue weighted by molar-refractivity contribution is -0.274. The van der Waals surface area contributed by atoms with Gasteiger partial charge in [-0.3, -0.25) is 0 Å². The van der Waals surface area contributed by atoms with E-state index in [0.717, 1.165) is 52.0 Å². The standard InChI is InChI=1S/C32H33F3N6O3S/c1-21(2)27-19-26(43-3)13-14-28(27)40-17-4-18-45-31(40)38-30(42)36-16-15-22-5-7-23(8-6-22)29-37-20-41(39-29)24-9-11-25(12-10-24)44-32(33,34)35/h5-16,19-21,30,36,42H,4,17-18H2,1-3H3/b16-15+,38-31-. The van der Waals surface area contributed by atoms with Crippen molar-refractivity contribution in [1.82, 2.24) is 20.1 Å². The number of aliphatic hydroxyl groups is 1. The van der Waals surface area contributed by atoms with Gasteiger partial charge in [-0.25, -0.2) is 14.7 Å². The Labute approximate surface area is 263 Å². The third kappa shape index (κ3) is 8.37. The minimum absolute atomic E-state index is 0.287. The molecule has 45 heavy (non-hydrogen) atoms. The Hall–Kier alpha value is -4.49. The van der Waals surface area contributed by atoms with Crippen molar-refractivity contribution in [2.24, 2.45) is 4.99 Å². The fraction of sp³-hybridized carbons (Fsp3) is 0.281. The number of aromatic nitrogens is 3. The molecule has 9 nitrogen and oxygen atoms in total. The number of hydrogen-bond acceptors (Lipinski definition) is 8. The van der Waals surface area contributed by atoms with Crippen molar-refractivity contribution in [2.75, 3.05) is 24.3 Å². The number of rotatable bonds is 10. The van der Waals surface area contributed by atoms with E-state index in [9.17, 15) is 18.3 Å². The highest BCUT2D eigenvalue weighted by molar-refractivity contribution is 8.14. The summed E-state index contributed by atoms with van der Waals surface area (Å²) in [5.74, 6) is 2.16. The van der Waals surface area contributed by atoms with Crippen molar-refractivity contribution >= 4 is 28.7 Å². The lowest BCUT2D eigenvalue weighted by Gasteiger charge is -2.32. The largest absolute Gasteiger partial charge is 0.573 e. The Morgan fingerprint density at radius 1 is 1.04 bits per heavy atom. The van der Waals surface area contributed by atoms with Crippen LogP contribution in [0.1, 0.15) is 37.3 Å². The molecule has 2 heterocycles. The molecule has 2 N–H and O–H groups in total. The molecule has 0 radical (unpaired) electrons. The van der Waals surface area contributed by atoms with Crippen LogP contribution in [0, 0.1) is 0 Å². The fourth-order valence-electron chi connectivity index (χ4n) is 4.69. The lowest BCUT2D eigenvalue weighted by atomic mass is 10.00. The summed E-state index contributed by atoms with van der Waals surface area (Å²) >= 11 is 1.62. The smallest absolute Gasteiger partial charge is 0.497 e. The Morgan fingerprint density at radius 3 is 2.47 bits per heavy atom. The summed E-state index contributed by atoms with van der Waals surface area (Å²) in [6.07, 6.45) is 0.0750. The molecule has 1 unspecified atom stereocenters. The van der Waals surface area contributed by atoms with Gasteiger partial charge in [-0.1, -0.05) is 49.9 Å². The van der Waals surface area contributed by atoms with Crippen LogP contribution < -0.4 is 19.7 Å². The number of alkyl halides is 3. The molecular formula is C32H33F3N6O3S. The summed E-state index contributed by atoms with van der Waals surface area (Å²) < 4.78 is 48.0. The van der Waals surface area contributed by atoms with Crippen LogP contribution in [0.15, 0.2) is 84.2 Å². The molecule has 3 aromatic carbocycles. The van der Waals surface area contributed by atoms with Gasteiger partial charge in [-0.15, -0.1) is 18.3 Å². The number of hydrogen-bond donors (Lipinski definition) is 2. The first kappa shape index (κ1) is 31.9. The average Bonchev–Trinajstić information content (AvgIpc) is 3.51. The molecule has 0 bridgehead atoms. The number of aliphatic hydroxyl groups excluding tert-OH is 1. The highest BCUT2D eigenvalue weighted by atomic mass is 32.2. The summed E-state index contributed by atoms with van der Waals surface area (Å²) in [4.78, 5) is 11.0. The van der Waals surface area contributed by atoms with E-state index in [1.807, 2.05) is 42.5 Å². The normalized spacial score (nSPS) is 15.6. The zero-order chi connectivity index (χ0) is 32.0. The van der Waals surface area contributed by atoms with Gasteiger partial charge >= 0.3 is 6.36 Å². The minimum atomic E-state index is -4.75. The van der Waals surface area contributed by atoms with Crippen LogP contribution >= 0.6 is 11.8 Å². The molecule has 1 aromatic heterocycles. The summed E-state index contributed by atoms with van der Waals surface area (Å²) in [5, 5.41) is 18.8. The van der Waals surface area contributed by atoms with Crippen LogP contribution in [0.2, 0.25) is 0 Å². The molecule has 1 aliphatic heterocycles. The fourth-order valence-corrected chi connectivity index (χ4v) is 5.67. The number of aliphatic imine (C=N–C) groups is 1. The van der Waals surface area contributed by atoms with Gasteiger partial charge in [-0.05, 0) is 72.0 Å². The van der Waals surface area contributed by atoms with Crippen LogP contribution in [-0.2, 0) is 0 Å². The monoisotopic (exact) mass is 638 g/mol. The zero-order valence-corrected chi connectivity index (χ0v) is 25.7. The zero-order valence-electron chi connectivity index (χ0n) is 24.9. The first-order valence-electron chi connectivity index (χ1n) is 14.2. The van der Waals surface area contributed by atoms with Crippen LogP contribution in [0.25, 0.3) is 23.2 Å². The van der Waals surface area contributed by atoms with E-state index in [0.29, 0.717) is 11.5 Å². The number of amidine groups is 1. The molecule has 5 rings (SSSR count). The van der Waals surface area contributed by atoms with E-state index in [1.54, 1.807) is 25.1 Å². The van der Waals surface area contributed by atoms with Crippen LogP contribution in [0.5, 0.6) is 11.5 Å². The maximum atomic E-state index is 12.4. The topological polar surface area (TPSA) is 97.0 Å². The van der Waals surface area contributed by atoms with E-state index >= 15 is 0 Å². The van der Waals surface area contributed by atoms with Crippen molar-refractivity contribution in [3.63, 3.8) is 0 Å². The molecule has 236 valence electrons. The van der Waals surface area contributed by atoms with E-state index in [4.69, 9.17) is 4.74 Å². The Morgan fingerprint density at radius 2 is 1.78 bits per heavy atom. The molecule has 0 amide bonds. The third-order valence-electron chi connectivity index (χ3n) is 6.89. The Balaban J connectivity index is 1.21. The molecule has 0 saturated carbocycles. The third-order valence-corrected chi connectivity index (χ3v) is 7.96. The van der Waals surface area contributed by atoms with E-state index in [1.165, 1.54) is 35.3 Å². The maximum absolute atomic E-state index is 12.4. The first-order valence-corrected chi connectivity index (χ1v) is 15.2. The van der Waals surface area contributed by atoms with Crippen LogP contribution in [0.3, 0.4) is 0 Å². The van der Waals surface area contributed by atoms with E-state index < -0.39 is 12.7 Å². The predicted octanol–water partition coefficient (Wildman–Crippen LogP) is 6.80. The minimum Gasteiger partial charge on any atom is -0.497 e. The Kier molecular flexibility index (Phi) is 9.99. The highest BCUT2D eigenvalue weighted by Gasteiger charge is 2.31. The van der Waals surface area contributed by atoms with Gasteiger partial charge in [0, 0.05) is 29.7 Å². The van der Waals surface area contributed by atoms with Crippen molar-refractivity contribution in [3.05, 3.63) is 90.4 Å². The number of benzene rings is 3. The second kappa shape index (κ2) is 14.1. The van der Waals surface area contributed by atoms with E-state index in [-0.39, 0.29) is 11.7 Å². The molecule has 1 fully saturated rings. The Bertz CT molecular complexity index is 1640.